The van der Waals surface area contributed by atoms with Crippen LogP contribution >= 0.6 is 12.6 Å². The topological polar surface area (TPSA) is 20.3 Å². The second-order valence-electron chi connectivity index (χ2n) is 6.40. The molecule has 1 spiro atoms. The van der Waals surface area contributed by atoms with Gasteiger partial charge < -0.3 is 4.90 Å². The lowest BCUT2D eigenvalue weighted by Crippen LogP contribution is -2.43. The number of hydrogen-bond acceptors (Lipinski definition) is 2. The number of hydrogen-bond donors (Lipinski definition) is 1. The molecule has 2 nitrogen and oxygen atoms in total. The van der Waals surface area contributed by atoms with E-state index in [2.05, 4.69) is 12.6 Å². The summed E-state index contributed by atoms with van der Waals surface area (Å²) in [6.07, 6.45) is 9.33. The van der Waals surface area contributed by atoms with Gasteiger partial charge in [0, 0.05) is 23.5 Å². The van der Waals surface area contributed by atoms with Crippen molar-refractivity contribution >= 4 is 18.5 Å². The van der Waals surface area contributed by atoms with Crippen molar-refractivity contribution in [1.29, 1.82) is 0 Å². The summed E-state index contributed by atoms with van der Waals surface area (Å²) in [5.41, 5.74) is 1.35. The van der Waals surface area contributed by atoms with Crippen LogP contribution in [0.5, 0.6) is 0 Å². The Labute approximate surface area is 127 Å². The molecule has 3 heteroatoms. The summed E-state index contributed by atoms with van der Waals surface area (Å²) < 4.78 is 0. The zero-order chi connectivity index (χ0) is 14.0. The van der Waals surface area contributed by atoms with Crippen LogP contribution < -0.4 is 0 Å². The van der Waals surface area contributed by atoms with Crippen LogP contribution in [0.25, 0.3) is 0 Å². The summed E-state index contributed by atoms with van der Waals surface area (Å²) in [5, 5.41) is 0. The van der Waals surface area contributed by atoms with Gasteiger partial charge in [-0.05, 0) is 55.4 Å². The zero-order valence-corrected chi connectivity index (χ0v) is 12.9. The number of likely N-dealkylation sites (tertiary alicyclic amines) is 1. The molecule has 2 aliphatic rings. The van der Waals surface area contributed by atoms with Crippen molar-refractivity contribution in [2.45, 2.75) is 49.8 Å². The Hall–Kier alpha value is -0.960. The SMILES string of the molecule is O=C(c1ccc(S)cc1)N1CCC2(CCCCC2)CC1. The molecule has 2 fully saturated rings. The Balaban J connectivity index is 1.62. The zero-order valence-electron chi connectivity index (χ0n) is 12.0. The maximum Gasteiger partial charge on any atom is 0.253 e. The number of amides is 1. The molecule has 1 saturated heterocycles. The van der Waals surface area contributed by atoms with Crippen molar-refractivity contribution in [1.82, 2.24) is 4.90 Å². The molecule has 0 bridgehead atoms. The van der Waals surface area contributed by atoms with Crippen LogP contribution in [0.3, 0.4) is 0 Å². The number of benzene rings is 1. The van der Waals surface area contributed by atoms with Gasteiger partial charge >= 0.3 is 0 Å². The molecule has 3 rings (SSSR count). The predicted molar refractivity (Wildman–Crippen MR) is 84.3 cm³/mol. The minimum Gasteiger partial charge on any atom is -0.339 e. The molecule has 20 heavy (non-hydrogen) atoms. The van der Waals surface area contributed by atoms with Gasteiger partial charge in [-0.3, -0.25) is 4.79 Å². The highest BCUT2D eigenvalue weighted by molar-refractivity contribution is 7.80. The third kappa shape index (κ3) is 2.88. The van der Waals surface area contributed by atoms with Crippen LogP contribution in [0.2, 0.25) is 0 Å². The Morgan fingerprint density at radius 3 is 2.15 bits per heavy atom. The molecule has 1 aliphatic heterocycles. The third-order valence-electron chi connectivity index (χ3n) is 5.14. The fraction of sp³-hybridized carbons (Fsp3) is 0.588. The van der Waals surface area contributed by atoms with Gasteiger partial charge in [-0.2, -0.15) is 0 Å². The highest BCUT2D eigenvalue weighted by atomic mass is 32.1. The standard InChI is InChI=1S/C17H23NOS/c19-16(14-4-6-15(20)7-5-14)18-12-10-17(11-13-18)8-2-1-3-9-17/h4-7,20H,1-3,8-13H2. The lowest BCUT2D eigenvalue weighted by Gasteiger charge is -2.44. The minimum absolute atomic E-state index is 0.184. The van der Waals surface area contributed by atoms with Crippen molar-refractivity contribution in [3.8, 4) is 0 Å². The van der Waals surface area contributed by atoms with E-state index in [1.807, 2.05) is 29.2 Å². The van der Waals surface area contributed by atoms with E-state index in [0.717, 1.165) is 23.5 Å². The van der Waals surface area contributed by atoms with Crippen molar-refractivity contribution < 1.29 is 4.79 Å². The van der Waals surface area contributed by atoms with Crippen molar-refractivity contribution in [3.63, 3.8) is 0 Å². The number of carbonyl (C=O) groups excluding carboxylic acids is 1. The van der Waals surface area contributed by atoms with E-state index < -0.39 is 0 Å². The molecule has 1 heterocycles. The highest BCUT2D eigenvalue weighted by Crippen LogP contribution is 2.44. The van der Waals surface area contributed by atoms with Crippen LogP contribution in [0.15, 0.2) is 29.2 Å². The van der Waals surface area contributed by atoms with E-state index in [4.69, 9.17) is 0 Å². The van der Waals surface area contributed by atoms with Crippen LogP contribution in [0.1, 0.15) is 55.3 Å². The molecule has 0 N–H and O–H groups in total. The maximum absolute atomic E-state index is 12.5. The first kappa shape index (κ1) is 14.0. The molecule has 1 aromatic rings. The van der Waals surface area contributed by atoms with Crippen LogP contribution in [-0.4, -0.2) is 23.9 Å². The lowest BCUT2D eigenvalue weighted by molar-refractivity contribution is 0.0472. The fourth-order valence-electron chi connectivity index (χ4n) is 3.77. The molecule has 1 aromatic carbocycles. The third-order valence-corrected chi connectivity index (χ3v) is 5.44. The normalized spacial score (nSPS) is 21.9. The van der Waals surface area contributed by atoms with Crippen molar-refractivity contribution in [2.24, 2.45) is 5.41 Å². The smallest absolute Gasteiger partial charge is 0.253 e. The van der Waals surface area contributed by atoms with Crippen molar-refractivity contribution in [3.05, 3.63) is 29.8 Å². The van der Waals surface area contributed by atoms with Gasteiger partial charge in [0.2, 0.25) is 0 Å². The largest absolute Gasteiger partial charge is 0.339 e. The molecule has 0 atom stereocenters. The Morgan fingerprint density at radius 1 is 0.950 bits per heavy atom. The number of rotatable bonds is 1. The Morgan fingerprint density at radius 2 is 1.55 bits per heavy atom. The number of thiol groups is 1. The van der Waals surface area contributed by atoms with E-state index in [1.165, 1.54) is 44.9 Å². The van der Waals surface area contributed by atoms with Crippen molar-refractivity contribution in [2.75, 3.05) is 13.1 Å². The molecular weight excluding hydrogens is 266 g/mol. The number of carbonyl (C=O) groups is 1. The summed E-state index contributed by atoms with van der Waals surface area (Å²) in [4.78, 5) is 15.4. The first-order chi connectivity index (χ1) is 9.69. The highest BCUT2D eigenvalue weighted by Gasteiger charge is 2.36. The second-order valence-corrected chi connectivity index (χ2v) is 6.92. The van der Waals surface area contributed by atoms with Crippen LogP contribution in [-0.2, 0) is 0 Å². The second kappa shape index (κ2) is 5.80. The fourth-order valence-corrected chi connectivity index (χ4v) is 3.92. The molecule has 1 saturated carbocycles. The van der Waals surface area contributed by atoms with E-state index in [1.54, 1.807) is 0 Å². The number of piperidine rings is 1. The number of nitrogens with zero attached hydrogens (tertiary/aromatic N) is 1. The molecule has 0 aromatic heterocycles. The van der Waals surface area contributed by atoms with E-state index >= 15 is 0 Å². The van der Waals surface area contributed by atoms with Gasteiger partial charge in [0.25, 0.3) is 5.91 Å². The average Bonchev–Trinajstić information content (AvgIpc) is 2.49. The minimum atomic E-state index is 0.184. The summed E-state index contributed by atoms with van der Waals surface area (Å²) in [6.45, 7) is 1.86. The van der Waals surface area contributed by atoms with E-state index in [-0.39, 0.29) is 5.91 Å². The Kier molecular flexibility index (Phi) is 4.06. The summed E-state index contributed by atoms with van der Waals surface area (Å²) in [7, 11) is 0. The molecular formula is C17H23NOS. The first-order valence-corrected chi connectivity index (χ1v) is 8.22. The van der Waals surface area contributed by atoms with Gasteiger partial charge in [-0.15, -0.1) is 12.6 Å². The van der Waals surface area contributed by atoms with E-state index in [9.17, 15) is 4.79 Å². The average molecular weight is 289 g/mol. The van der Waals surface area contributed by atoms with Gasteiger partial charge in [-0.25, -0.2) is 0 Å². The molecule has 0 radical (unpaired) electrons. The monoisotopic (exact) mass is 289 g/mol. The molecule has 1 aliphatic carbocycles. The molecule has 1 amide bonds. The summed E-state index contributed by atoms with van der Waals surface area (Å²) in [6, 6.07) is 7.55. The summed E-state index contributed by atoms with van der Waals surface area (Å²) >= 11 is 4.27. The van der Waals surface area contributed by atoms with Crippen LogP contribution in [0.4, 0.5) is 0 Å². The van der Waals surface area contributed by atoms with Gasteiger partial charge in [-0.1, -0.05) is 19.3 Å². The maximum atomic E-state index is 12.5. The summed E-state index contributed by atoms with van der Waals surface area (Å²) in [5.74, 6) is 0.184. The van der Waals surface area contributed by atoms with Crippen LogP contribution in [0, 0.1) is 5.41 Å². The molecule has 0 unspecified atom stereocenters. The predicted octanol–water partition coefficient (Wildman–Crippen LogP) is 4.16. The first-order valence-electron chi connectivity index (χ1n) is 7.77. The van der Waals surface area contributed by atoms with Gasteiger partial charge in [0.05, 0.1) is 0 Å². The van der Waals surface area contributed by atoms with E-state index in [0.29, 0.717) is 5.41 Å². The van der Waals surface area contributed by atoms with Gasteiger partial charge in [0.1, 0.15) is 0 Å². The lowest BCUT2D eigenvalue weighted by atomic mass is 9.68. The molecule has 108 valence electrons. The quantitative estimate of drug-likeness (QED) is 0.770. The Bertz CT molecular complexity index is 466. The van der Waals surface area contributed by atoms with Gasteiger partial charge in [0.15, 0.2) is 0 Å².